The monoisotopic (exact) mass is 288 g/mol. The lowest BCUT2D eigenvalue weighted by molar-refractivity contribution is -0.142. The molecule has 0 rings (SSSR count). The summed E-state index contributed by atoms with van der Waals surface area (Å²) in [4.78, 5) is 21.8. The van der Waals surface area contributed by atoms with Crippen molar-refractivity contribution in [2.45, 2.75) is 64.7 Å². The van der Waals surface area contributed by atoms with Crippen LogP contribution in [-0.4, -0.2) is 17.8 Å². The molecule has 0 aromatic carbocycles. The SMILES string of the molecule is CCCCCCC=CCOC(=O)CCCCC(=O)Cl. The average molecular weight is 289 g/mol. The van der Waals surface area contributed by atoms with E-state index in [9.17, 15) is 9.59 Å². The fourth-order valence-corrected chi connectivity index (χ4v) is 1.76. The highest BCUT2D eigenvalue weighted by atomic mass is 35.5. The highest BCUT2D eigenvalue weighted by Gasteiger charge is 2.02. The lowest BCUT2D eigenvalue weighted by Gasteiger charge is -2.01. The largest absolute Gasteiger partial charge is 0.461 e. The van der Waals surface area contributed by atoms with Gasteiger partial charge in [0.1, 0.15) is 6.61 Å². The molecule has 110 valence electrons. The van der Waals surface area contributed by atoms with E-state index in [1.54, 1.807) is 0 Å². The molecule has 0 aliphatic carbocycles. The van der Waals surface area contributed by atoms with Crippen LogP contribution in [0.1, 0.15) is 64.7 Å². The molecule has 0 amide bonds. The maximum atomic E-state index is 11.3. The molecule has 0 saturated heterocycles. The van der Waals surface area contributed by atoms with Crippen molar-refractivity contribution in [2.24, 2.45) is 0 Å². The Morgan fingerprint density at radius 2 is 1.74 bits per heavy atom. The smallest absolute Gasteiger partial charge is 0.306 e. The minimum atomic E-state index is -0.348. The summed E-state index contributed by atoms with van der Waals surface area (Å²) in [5, 5.41) is -0.348. The third-order valence-electron chi connectivity index (χ3n) is 2.74. The first-order valence-corrected chi connectivity index (χ1v) is 7.53. The van der Waals surface area contributed by atoms with Gasteiger partial charge in [0.25, 0.3) is 0 Å². The van der Waals surface area contributed by atoms with E-state index in [2.05, 4.69) is 13.0 Å². The van der Waals surface area contributed by atoms with E-state index < -0.39 is 0 Å². The Balaban J connectivity index is 3.32. The average Bonchev–Trinajstić information content (AvgIpc) is 2.37. The van der Waals surface area contributed by atoms with E-state index >= 15 is 0 Å². The maximum absolute atomic E-state index is 11.3. The second-order valence-corrected chi connectivity index (χ2v) is 4.99. The number of carbonyl (C=O) groups is 2. The predicted octanol–water partition coefficient (Wildman–Crippen LogP) is 4.38. The molecule has 0 heterocycles. The van der Waals surface area contributed by atoms with Gasteiger partial charge >= 0.3 is 5.97 Å². The second-order valence-electron chi connectivity index (χ2n) is 4.57. The van der Waals surface area contributed by atoms with Crippen LogP contribution in [0.3, 0.4) is 0 Å². The summed E-state index contributed by atoms with van der Waals surface area (Å²) in [6.45, 7) is 2.54. The third kappa shape index (κ3) is 15.1. The predicted molar refractivity (Wildman–Crippen MR) is 78.2 cm³/mol. The number of carbonyl (C=O) groups excluding carboxylic acids is 2. The molecular formula is C15H25ClO3. The van der Waals surface area contributed by atoms with E-state index in [0.29, 0.717) is 32.3 Å². The minimum absolute atomic E-state index is 0.211. The fourth-order valence-electron chi connectivity index (χ4n) is 1.62. The van der Waals surface area contributed by atoms with Gasteiger partial charge in [0.15, 0.2) is 0 Å². The molecule has 0 radical (unpaired) electrons. The zero-order valence-corrected chi connectivity index (χ0v) is 12.6. The van der Waals surface area contributed by atoms with Crippen molar-refractivity contribution >= 4 is 22.8 Å². The zero-order valence-electron chi connectivity index (χ0n) is 11.8. The molecule has 0 fully saturated rings. The Morgan fingerprint density at radius 3 is 2.42 bits per heavy atom. The molecule has 0 aliphatic heterocycles. The highest BCUT2D eigenvalue weighted by Crippen LogP contribution is 2.04. The first kappa shape index (κ1) is 18.2. The van der Waals surface area contributed by atoms with Gasteiger partial charge in [-0.2, -0.15) is 0 Å². The number of esters is 1. The molecule has 0 spiro atoms. The molecule has 19 heavy (non-hydrogen) atoms. The molecule has 0 aromatic rings. The summed E-state index contributed by atoms with van der Waals surface area (Å²) in [7, 11) is 0. The Bertz CT molecular complexity index is 275. The molecule has 4 heteroatoms. The molecule has 0 N–H and O–H groups in total. The standard InChI is InChI=1S/C15H25ClO3/c1-2-3-4-5-6-7-10-13-19-15(18)12-9-8-11-14(16)17/h7,10H,2-6,8-9,11-13H2,1H3. The van der Waals surface area contributed by atoms with Crippen molar-refractivity contribution in [3.05, 3.63) is 12.2 Å². The van der Waals surface area contributed by atoms with Crippen molar-refractivity contribution < 1.29 is 14.3 Å². The van der Waals surface area contributed by atoms with Crippen LogP contribution in [0.15, 0.2) is 12.2 Å². The van der Waals surface area contributed by atoms with Gasteiger partial charge in [0.05, 0.1) is 0 Å². The number of ether oxygens (including phenoxy) is 1. The van der Waals surface area contributed by atoms with Crippen LogP contribution in [0.2, 0.25) is 0 Å². The van der Waals surface area contributed by atoms with Crippen LogP contribution in [0.4, 0.5) is 0 Å². The number of allylic oxidation sites excluding steroid dienone is 1. The summed E-state index contributed by atoms with van der Waals surface area (Å²) in [5.74, 6) is -0.211. The first-order chi connectivity index (χ1) is 9.16. The van der Waals surface area contributed by atoms with Crippen LogP contribution in [-0.2, 0) is 14.3 Å². The Kier molecular flexibility index (Phi) is 13.0. The number of hydrogen-bond donors (Lipinski definition) is 0. The van der Waals surface area contributed by atoms with Gasteiger partial charge < -0.3 is 4.74 Å². The number of halogens is 1. The summed E-state index contributed by atoms with van der Waals surface area (Å²) < 4.78 is 5.03. The van der Waals surface area contributed by atoms with E-state index in [1.165, 1.54) is 25.7 Å². The molecule has 0 aliphatic rings. The topological polar surface area (TPSA) is 43.4 Å². The van der Waals surface area contributed by atoms with Gasteiger partial charge in [-0.15, -0.1) is 0 Å². The zero-order chi connectivity index (χ0) is 14.3. The maximum Gasteiger partial charge on any atom is 0.306 e. The lowest BCUT2D eigenvalue weighted by Crippen LogP contribution is -2.04. The third-order valence-corrected chi connectivity index (χ3v) is 2.92. The molecule has 0 aromatic heterocycles. The van der Waals surface area contributed by atoms with Gasteiger partial charge in [-0.1, -0.05) is 38.3 Å². The second kappa shape index (κ2) is 13.6. The Hall–Kier alpha value is -0.830. The summed E-state index contributed by atoms with van der Waals surface area (Å²) in [6.07, 6.45) is 12.0. The van der Waals surface area contributed by atoms with Crippen LogP contribution in [0.25, 0.3) is 0 Å². The first-order valence-electron chi connectivity index (χ1n) is 7.15. The number of rotatable bonds is 12. The fraction of sp³-hybridized carbons (Fsp3) is 0.733. The molecular weight excluding hydrogens is 264 g/mol. The van der Waals surface area contributed by atoms with Crippen molar-refractivity contribution in [3.63, 3.8) is 0 Å². The minimum Gasteiger partial charge on any atom is -0.461 e. The highest BCUT2D eigenvalue weighted by molar-refractivity contribution is 6.63. The molecule has 3 nitrogen and oxygen atoms in total. The van der Waals surface area contributed by atoms with E-state index in [-0.39, 0.29) is 11.2 Å². The van der Waals surface area contributed by atoms with Crippen molar-refractivity contribution in [3.8, 4) is 0 Å². The summed E-state index contributed by atoms with van der Waals surface area (Å²) >= 11 is 5.19. The van der Waals surface area contributed by atoms with Crippen molar-refractivity contribution in [1.29, 1.82) is 0 Å². The van der Waals surface area contributed by atoms with Crippen LogP contribution in [0.5, 0.6) is 0 Å². The summed E-state index contributed by atoms with van der Waals surface area (Å²) in [5.41, 5.74) is 0. The van der Waals surface area contributed by atoms with E-state index in [0.717, 1.165) is 6.42 Å². The van der Waals surface area contributed by atoms with Gasteiger partial charge in [-0.25, -0.2) is 0 Å². The molecule has 0 bridgehead atoms. The van der Waals surface area contributed by atoms with Crippen LogP contribution < -0.4 is 0 Å². The van der Waals surface area contributed by atoms with E-state index in [4.69, 9.17) is 16.3 Å². The Labute approximate surface area is 121 Å². The quantitative estimate of drug-likeness (QED) is 0.232. The molecule has 0 atom stereocenters. The molecule has 0 unspecified atom stereocenters. The van der Waals surface area contributed by atoms with Crippen LogP contribution >= 0.6 is 11.6 Å². The van der Waals surface area contributed by atoms with Gasteiger partial charge in [0.2, 0.25) is 5.24 Å². The Morgan fingerprint density at radius 1 is 1.00 bits per heavy atom. The van der Waals surface area contributed by atoms with Crippen molar-refractivity contribution in [2.75, 3.05) is 6.61 Å². The van der Waals surface area contributed by atoms with Gasteiger partial charge in [0, 0.05) is 12.8 Å². The molecule has 0 saturated carbocycles. The van der Waals surface area contributed by atoms with Gasteiger partial charge in [-0.3, -0.25) is 9.59 Å². The summed E-state index contributed by atoms with van der Waals surface area (Å²) in [6, 6.07) is 0. The van der Waals surface area contributed by atoms with Crippen molar-refractivity contribution in [1.82, 2.24) is 0 Å². The number of hydrogen-bond acceptors (Lipinski definition) is 3. The normalized spacial score (nSPS) is 10.8. The number of unbranched alkanes of at least 4 members (excludes halogenated alkanes) is 5. The lowest BCUT2D eigenvalue weighted by atomic mass is 10.1. The van der Waals surface area contributed by atoms with Gasteiger partial charge in [-0.05, 0) is 37.3 Å². The van der Waals surface area contributed by atoms with E-state index in [1.807, 2.05) is 6.08 Å². The van der Waals surface area contributed by atoms with Crippen LogP contribution in [0, 0.1) is 0 Å².